The Kier molecular flexibility index (Phi) is 4.41. The number of epoxide rings is 1. The topological polar surface area (TPSA) is 69.4 Å². The average Bonchev–Trinajstić information content (AvgIpc) is 3.60. The van der Waals surface area contributed by atoms with Gasteiger partial charge in [-0.3, -0.25) is 10.0 Å². The summed E-state index contributed by atoms with van der Waals surface area (Å²) in [5.74, 6) is 0. The van der Waals surface area contributed by atoms with Gasteiger partial charge in [0, 0.05) is 13.1 Å². The number of carbonyl (C=O) groups is 1. The third-order valence-electron chi connectivity index (χ3n) is 5.95. The summed E-state index contributed by atoms with van der Waals surface area (Å²) in [6, 6.07) is 5.33. The number of hydrogen-bond acceptors (Lipinski definition) is 6. The monoisotopic (exact) mass is 424 g/mol. The van der Waals surface area contributed by atoms with Gasteiger partial charge in [-0.15, -0.1) is 5.53 Å². The fourth-order valence-electron chi connectivity index (χ4n) is 4.19. The van der Waals surface area contributed by atoms with E-state index in [0.29, 0.717) is 26.0 Å². The second-order valence-electron chi connectivity index (χ2n) is 8.31. The summed E-state index contributed by atoms with van der Waals surface area (Å²) in [7, 11) is 1.83. The molecule has 2 N–H and O–H groups in total. The van der Waals surface area contributed by atoms with E-state index in [0.717, 1.165) is 41.9 Å². The van der Waals surface area contributed by atoms with E-state index in [9.17, 15) is 18.0 Å². The van der Waals surface area contributed by atoms with Crippen molar-refractivity contribution < 1.29 is 27.4 Å². The number of alkyl carbamates (subject to hydrolysis) is 1. The SMILES string of the molecule is CN1NN(Cc2ccc(C(F)(F)F)cc2)C2=C1[C@H](OC(=O)NC1CC1)CC[C@]21CO1. The number of hydrazine groups is 2. The number of rotatable bonds is 4. The van der Waals surface area contributed by atoms with Gasteiger partial charge in [-0.2, -0.15) is 13.2 Å². The highest BCUT2D eigenvalue weighted by Gasteiger charge is 2.58. The number of amides is 1. The maximum absolute atomic E-state index is 12.8. The summed E-state index contributed by atoms with van der Waals surface area (Å²) in [5, 5.41) is 6.52. The minimum atomic E-state index is -4.36. The molecule has 5 rings (SSSR count). The third-order valence-corrected chi connectivity index (χ3v) is 5.95. The van der Waals surface area contributed by atoms with Crippen molar-refractivity contribution in [1.82, 2.24) is 20.9 Å². The van der Waals surface area contributed by atoms with Crippen molar-refractivity contribution >= 4 is 6.09 Å². The number of fused-ring (bicyclic) bond motifs is 1. The normalized spacial score (nSPS) is 28.1. The van der Waals surface area contributed by atoms with E-state index in [4.69, 9.17) is 9.47 Å². The molecule has 2 atom stereocenters. The first-order valence-corrected chi connectivity index (χ1v) is 10.0. The summed E-state index contributed by atoms with van der Waals surface area (Å²) >= 11 is 0. The van der Waals surface area contributed by atoms with E-state index in [2.05, 4.69) is 10.9 Å². The fraction of sp³-hybridized carbons (Fsp3) is 0.550. The number of carbonyl (C=O) groups excluding carboxylic acids is 1. The molecule has 2 heterocycles. The van der Waals surface area contributed by atoms with Crippen LogP contribution in [0.25, 0.3) is 0 Å². The third kappa shape index (κ3) is 3.58. The zero-order chi connectivity index (χ0) is 21.1. The van der Waals surface area contributed by atoms with Gasteiger partial charge in [-0.25, -0.2) is 4.79 Å². The molecule has 30 heavy (non-hydrogen) atoms. The Bertz CT molecular complexity index is 878. The van der Waals surface area contributed by atoms with Gasteiger partial charge in [-0.1, -0.05) is 12.1 Å². The molecule has 0 radical (unpaired) electrons. The minimum Gasteiger partial charge on any atom is -0.440 e. The second kappa shape index (κ2) is 6.78. The molecule has 162 valence electrons. The standard InChI is InChI=1S/C20H23F3N4O3/c1-26-16-15(30-18(28)24-14-6-7-14)8-9-19(11-29-19)17(16)27(25-26)10-12-2-4-13(5-3-12)20(21,22)23/h2-5,14-15,25H,6-11H2,1H3,(H,24,28)/t15-,19+/m1/s1. The van der Waals surface area contributed by atoms with E-state index in [1.54, 1.807) is 5.01 Å². The van der Waals surface area contributed by atoms with E-state index in [1.807, 2.05) is 12.1 Å². The quantitative estimate of drug-likeness (QED) is 0.725. The summed E-state index contributed by atoms with van der Waals surface area (Å²) in [4.78, 5) is 12.2. The van der Waals surface area contributed by atoms with Crippen molar-refractivity contribution in [3.63, 3.8) is 0 Å². The van der Waals surface area contributed by atoms with Crippen LogP contribution in [0.1, 0.15) is 36.8 Å². The Labute approximate surface area is 171 Å². The molecule has 1 spiro atoms. The molecule has 7 nitrogen and oxygen atoms in total. The Balaban J connectivity index is 1.36. The molecule has 10 heteroatoms. The van der Waals surface area contributed by atoms with Crippen LogP contribution < -0.4 is 10.9 Å². The van der Waals surface area contributed by atoms with Gasteiger partial charge in [0.2, 0.25) is 0 Å². The van der Waals surface area contributed by atoms with Crippen LogP contribution in [-0.4, -0.2) is 47.5 Å². The Morgan fingerprint density at radius 3 is 2.60 bits per heavy atom. The van der Waals surface area contributed by atoms with E-state index < -0.39 is 29.5 Å². The molecule has 4 aliphatic rings. The van der Waals surface area contributed by atoms with Crippen molar-refractivity contribution in [2.45, 2.75) is 56.2 Å². The number of alkyl halides is 3. The van der Waals surface area contributed by atoms with Crippen LogP contribution in [0.5, 0.6) is 0 Å². The van der Waals surface area contributed by atoms with Crippen molar-refractivity contribution in [3.8, 4) is 0 Å². The van der Waals surface area contributed by atoms with E-state index in [-0.39, 0.29) is 6.04 Å². The largest absolute Gasteiger partial charge is 0.440 e. The first-order valence-electron chi connectivity index (χ1n) is 10.0. The van der Waals surface area contributed by atoms with Gasteiger partial charge in [0.05, 0.1) is 30.1 Å². The zero-order valence-electron chi connectivity index (χ0n) is 16.5. The summed E-state index contributed by atoms with van der Waals surface area (Å²) in [6.07, 6.45) is -1.87. The molecule has 0 bridgehead atoms. The highest BCUT2D eigenvalue weighted by atomic mass is 19.4. The Hall–Kier alpha value is -2.46. The lowest BCUT2D eigenvalue weighted by Gasteiger charge is -2.31. The van der Waals surface area contributed by atoms with Crippen molar-refractivity contribution in [2.75, 3.05) is 13.7 Å². The predicted molar refractivity (Wildman–Crippen MR) is 99.3 cm³/mol. The highest BCUT2D eigenvalue weighted by Crippen LogP contribution is 2.50. The van der Waals surface area contributed by atoms with E-state index >= 15 is 0 Å². The van der Waals surface area contributed by atoms with Gasteiger partial charge in [0.1, 0.15) is 11.7 Å². The van der Waals surface area contributed by atoms with Crippen LogP contribution in [-0.2, 0) is 22.2 Å². The lowest BCUT2D eigenvalue weighted by molar-refractivity contribution is -0.137. The summed E-state index contributed by atoms with van der Waals surface area (Å²) in [6.45, 7) is 0.930. The number of ether oxygens (including phenoxy) is 2. The zero-order valence-corrected chi connectivity index (χ0v) is 16.5. The first kappa shape index (κ1) is 19.5. The number of benzene rings is 1. The van der Waals surface area contributed by atoms with E-state index in [1.165, 1.54) is 12.1 Å². The summed E-state index contributed by atoms with van der Waals surface area (Å²) < 4.78 is 50.0. The van der Waals surface area contributed by atoms with Crippen LogP contribution in [0.3, 0.4) is 0 Å². The highest BCUT2D eigenvalue weighted by molar-refractivity contribution is 5.68. The fourth-order valence-corrected chi connectivity index (χ4v) is 4.19. The van der Waals surface area contributed by atoms with Crippen LogP contribution in [0.15, 0.2) is 35.7 Å². The Morgan fingerprint density at radius 2 is 2.00 bits per heavy atom. The Morgan fingerprint density at radius 1 is 1.30 bits per heavy atom. The second-order valence-corrected chi connectivity index (χ2v) is 8.31. The predicted octanol–water partition coefficient (Wildman–Crippen LogP) is 2.90. The number of likely N-dealkylation sites (N-methyl/N-ethyl adjacent to an activating group) is 1. The van der Waals surface area contributed by atoms with Crippen molar-refractivity contribution in [2.24, 2.45) is 0 Å². The number of halogens is 3. The molecule has 2 aliphatic carbocycles. The lowest BCUT2D eigenvalue weighted by Crippen LogP contribution is -2.40. The van der Waals surface area contributed by atoms with Crippen molar-refractivity contribution in [1.29, 1.82) is 0 Å². The van der Waals surface area contributed by atoms with Crippen molar-refractivity contribution in [3.05, 3.63) is 46.8 Å². The molecule has 1 saturated heterocycles. The smallest absolute Gasteiger partial charge is 0.416 e. The average molecular weight is 424 g/mol. The molecule has 1 saturated carbocycles. The molecule has 2 aliphatic heterocycles. The van der Waals surface area contributed by atoms with Gasteiger partial charge in [-0.05, 0) is 43.4 Å². The first-order chi connectivity index (χ1) is 14.2. The molecule has 1 amide bonds. The van der Waals surface area contributed by atoms with Gasteiger partial charge < -0.3 is 14.8 Å². The maximum atomic E-state index is 12.8. The van der Waals surface area contributed by atoms with Crippen LogP contribution in [0.4, 0.5) is 18.0 Å². The molecule has 2 fully saturated rings. The molecule has 0 unspecified atom stereocenters. The van der Waals surface area contributed by atoms with Gasteiger partial charge in [0.15, 0.2) is 0 Å². The molecular weight excluding hydrogens is 401 g/mol. The maximum Gasteiger partial charge on any atom is 0.416 e. The molecule has 1 aromatic rings. The lowest BCUT2D eigenvalue weighted by atomic mass is 9.88. The molecular formula is C20H23F3N4O3. The van der Waals surface area contributed by atoms with Crippen LogP contribution >= 0.6 is 0 Å². The summed E-state index contributed by atoms with van der Waals surface area (Å²) in [5.41, 5.74) is 4.57. The molecule has 1 aromatic carbocycles. The number of nitrogens with zero attached hydrogens (tertiary/aromatic N) is 2. The molecule has 0 aromatic heterocycles. The van der Waals surface area contributed by atoms with Gasteiger partial charge in [0.25, 0.3) is 0 Å². The van der Waals surface area contributed by atoms with Gasteiger partial charge >= 0.3 is 12.3 Å². The van der Waals surface area contributed by atoms with Crippen LogP contribution in [0, 0.1) is 0 Å². The minimum absolute atomic E-state index is 0.211. The number of hydrogen-bond donors (Lipinski definition) is 2. The van der Waals surface area contributed by atoms with Crippen LogP contribution in [0.2, 0.25) is 0 Å². The number of nitrogens with one attached hydrogen (secondary N) is 2.